The highest BCUT2D eigenvalue weighted by Gasteiger charge is 2.24. The molecule has 0 aromatic heterocycles. The molecule has 5 nitrogen and oxygen atoms in total. The van der Waals surface area contributed by atoms with Crippen molar-refractivity contribution < 1.29 is 14.7 Å². The highest BCUT2D eigenvalue weighted by Crippen LogP contribution is 2.24. The Balaban J connectivity index is 2.25. The third-order valence-electron chi connectivity index (χ3n) is 3.77. The molecular weight excluding hydrogens is 232 g/mol. The number of amides is 2. The van der Waals surface area contributed by atoms with Crippen LogP contribution in [0.4, 0.5) is 4.79 Å². The van der Waals surface area contributed by atoms with Gasteiger partial charge in [0.1, 0.15) is 0 Å². The first kappa shape index (κ1) is 14.8. The first-order valence-electron chi connectivity index (χ1n) is 6.79. The summed E-state index contributed by atoms with van der Waals surface area (Å²) in [5, 5.41) is 14.5. The van der Waals surface area contributed by atoms with Crippen LogP contribution in [0.25, 0.3) is 0 Å². The van der Waals surface area contributed by atoms with Gasteiger partial charge >= 0.3 is 12.0 Å². The van der Waals surface area contributed by atoms with Crippen LogP contribution in [0.3, 0.4) is 0 Å². The van der Waals surface area contributed by atoms with E-state index in [1.807, 2.05) is 6.92 Å². The van der Waals surface area contributed by atoms with Crippen LogP contribution in [0, 0.1) is 11.8 Å². The lowest BCUT2D eigenvalue weighted by atomic mass is 10.0. The van der Waals surface area contributed by atoms with E-state index in [0.29, 0.717) is 12.5 Å². The average Bonchev–Trinajstić information content (AvgIpc) is 2.70. The third kappa shape index (κ3) is 4.94. The maximum atomic E-state index is 11.7. The van der Waals surface area contributed by atoms with Crippen molar-refractivity contribution in [3.05, 3.63) is 0 Å². The van der Waals surface area contributed by atoms with Crippen LogP contribution < -0.4 is 10.6 Å². The Labute approximate surface area is 108 Å². The number of rotatable bonds is 6. The van der Waals surface area contributed by atoms with E-state index >= 15 is 0 Å². The normalized spacial score (nSPS) is 24.6. The van der Waals surface area contributed by atoms with Gasteiger partial charge in [-0.25, -0.2) is 4.79 Å². The molecule has 0 bridgehead atoms. The quantitative estimate of drug-likeness (QED) is 0.680. The first-order valence-corrected chi connectivity index (χ1v) is 6.79. The summed E-state index contributed by atoms with van der Waals surface area (Å²) in [5.41, 5.74) is 0. The molecule has 1 rings (SSSR count). The Kier molecular flexibility index (Phi) is 5.95. The van der Waals surface area contributed by atoms with Crippen LogP contribution in [0.2, 0.25) is 0 Å². The fourth-order valence-corrected chi connectivity index (χ4v) is 2.42. The zero-order chi connectivity index (χ0) is 13.5. The van der Waals surface area contributed by atoms with Crippen molar-refractivity contribution in [3.63, 3.8) is 0 Å². The maximum absolute atomic E-state index is 11.7. The van der Waals surface area contributed by atoms with Gasteiger partial charge in [-0.3, -0.25) is 4.79 Å². The lowest BCUT2D eigenvalue weighted by Gasteiger charge is -2.19. The first-order chi connectivity index (χ1) is 8.52. The summed E-state index contributed by atoms with van der Waals surface area (Å²) < 4.78 is 0. The largest absolute Gasteiger partial charge is 0.481 e. The van der Waals surface area contributed by atoms with Crippen LogP contribution in [-0.4, -0.2) is 29.7 Å². The highest BCUT2D eigenvalue weighted by molar-refractivity contribution is 5.74. The van der Waals surface area contributed by atoms with E-state index in [2.05, 4.69) is 17.6 Å². The fraction of sp³-hybridized carbons (Fsp3) is 0.846. The summed E-state index contributed by atoms with van der Waals surface area (Å²) in [4.78, 5) is 22.3. The number of urea groups is 1. The Bertz CT molecular complexity index is 294. The van der Waals surface area contributed by atoms with Crippen molar-refractivity contribution in [2.75, 3.05) is 6.54 Å². The Morgan fingerprint density at radius 3 is 2.61 bits per heavy atom. The van der Waals surface area contributed by atoms with Crippen LogP contribution in [0.15, 0.2) is 0 Å². The third-order valence-corrected chi connectivity index (χ3v) is 3.77. The van der Waals surface area contributed by atoms with Crippen LogP contribution in [0.1, 0.15) is 46.0 Å². The second kappa shape index (κ2) is 7.24. The van der Waals surface area contributed by atoms with Gasteiger partial charge in [-0.2, -0.15) is 0 Å². The number of nitrogens with one attached hydrogen (secondary N) is 2. The van der Waals surface area contributed by atoms with Crippen molar-refractivity contribution >= 4 is 12.0 Å². The van der Waals surface area contributed by atoms with Crippen molar-refractivity contribution in [3.8, 4) is 0 Å². The molecule has 3 atom stereocenters. The molecule has 0 aromatic rings. The topological polar surface area (TPSA) is 78.4 Å². The minimum absolute atomic E-state index is 0.00857. The van der Waals surface area contributed by atoms with Gasteiger partial charge in [0.05, 0.1) is 0 Å². The number of hydrogen-bond acceptors (Lipinski definition) is 2. The van der Waals surface area contributed by atoms with Crippen molar-refractivity contribution in [1.29, 1.82) is 0 Å². The van der Waals surface area contributed by atoms with Gasteiger partial charge in [0.25, 0.3) is 0 Å². The number of hydrogen-bond donors (Lipinski definition) is 3. The molecule has 1 saturated carbocycles. The van der Waals surface area contributed by atoms with E-state index in [1.165, 1.54) is 12.8 Å². The van der Waals surface area contributed by atoms with Crippen molar-refractivity contribution in [2.24, 2.45) is 11.8 Å². The Hall–Kier alpha value is -1.26. The van der Waals surface area contributed by atoms with Crippen LogP contribution in [-0.2, 0) is 4.79 Å². The standard InChI is InChI=1S/C13H24N2O3/c1-3-10(7-12(16)17)8-14-13(18)15-11-6-4-5-9(11)2/h9-11H,3-8H2,1-2H3,(H,16,17)(H2,14,15,18). The second-order valence-corrected chi connectivity index (χ2v) is 5.24. The maximum Gasteiger partial charge on any atom is 0.315 e. The molecule has 0 spiro atoms. The van der Waals surface area contributed by atoms with E-state index in [4.69, 9.17) is 5.11 Å². The van der Waals surface area contributed by atoms with E-state index in [9.17, 15) is 9.59 Å². The predicted molar refractivity (Wildman–Crippen MR) is 69.4 cm³/mol. The van der Waals surface area contributed by atoms with E-state index in [0.717, 1.165) is 12.8 Å². The molecule has 1 aliphatic rings. The van der Waals surface area contributed by atoms with E-state index < -0.39 is 5.97 Å². The van der Waals surface area contributed by atoms with Crippen LogP contribution in [0.5, 0.6) is 0 Å². The van der Waals surface area contributed by atoms with E-state index in [-0.39, 0.29) is 24.4 Å². The molecule has 2 amide bonds. The molecule has 1 aliphatic carbocycles. The predicted octanol–water partition coefficient (Wildman–Crippen LogP) is 1.98. The lowest BCUT2D eigenvalue weighted by Crippen LogP contribution is -2.44. The molecule has 0 aromatic carbocycles. The molecule has 0 radical (unpaired) electrons. The van der Waals surface area contributed by atoms with Gasteiger partial charge in [-0.15, -0.1) is 0 Å². The van der Waals surface area contributed by atoms with Crippen molar-refractivity contribution in [2.45, 2.75) is 52.0 Å². The number of aliphatic carboxylic acids is 1. The molecule has 3 unspecified atom stereocenters. The Morgan fingerprint density at radius 1 is 1.39 bits per heavy atom. The van der Waals surface area contributed by atoms with Gasteiger partial charge in [0.15, 0.2) is 0 Å². The molecule has 5 heteroatoms. The second-order valence-electron chi connectivity index (χ2n) is 5.24. The summed E-state index contributed by atoms with van der Waals surface area (Å²) in [6.45, 7) is 4.51. The molecular formula is C13H24N2O3. The summed E-state index contributed by atoms with van der Waals surface area (Å²) in [7, 11) is 0. The highest BCUT2D eigenvalue weighted by atomic mass is 16.4. The van der Waals surface area contributed by atoms with E-state index in [1.54, 1.807) is 0 Å². The summed E-state index contributed by atoms with van der Waals surface area (Å²) in [5.74, 6) is -0.264. The number of carbonyl (C=O) groups is 2. The smallest absolute Gasteiger partial charge is 0.315 e. The minimum Gasteiger partial charge on any atom is -0.481 e. The van der Waals surface area contributed by atoms with Gasteiger partial charge in [0, 0.05) is 19.0 Å². The van der Waals surface area contributed by atoms with Crippen LogP contribution >= 0.6 is 0 Å². The zero-order valence-corrected chi connectivity index (χ0v) is 11.2. The molecule has 3 N–H and O–H groups in total. The van der Waals surface area contributed by atoms with Gasteiger partial charge in [-0.05, 0) is 24.7 Å². The number of carboxylic acid groups (broad SMARTS) is 1. The zero-order valence-electron chi connectivity index (χ0n) is 11.2. The molecule has 0 heterocycles. The van der Waals surface area contributed by atoms with Gasteiger partial charge in [0.2, 0.25) is 0 Å². The lowest BCUT2D eigenvalue weighted by molar-refractivity contribution is -0.138. The fourth-order valence-electron chi connectivity index (χ4n) is 2.42. The molecule has 0 saturated heterocycles. The van der Waals surface area contributed by atoms with Gasteiger partial charge in [-0.1, -0.05) is 26.7 Å². The summed E-state index contributed by atoms with van der Waals surface area (Å²) in [6, 6.07) is 0.0992. The monoisotopic (exact) mass is 256 g/mol. The molecule has 0 aliphatic heterocycles. The minimum atomic E-state index is -0.812. The number of carbonyl (C=O) groups excluding carboxylic acids is 1. The van der Waals surface area contributed by atoms with Crippen molar-refractivity contribution in [1.82, 2.24) is 10.6 Å². The Morgan fingerprint density at radius 2 is 2.11 bits per heavy atom. The summed E-state index contributed by atoms with van der Waals surface area (Å²) in [6.07, 6.45) is 4.24. The number of carboxylic acids is 1. The molecule has 104 valence electrons. The SMILES string of the molecule is CCC(CNC(=O)NC1CCCC1C)CC(=O)O. The van der Waals surface area contributed by atoms with Gasteiger partial charge < -0.3 is 15.7 Å². The average molecular weight is 256 g/mol. The molecule has 18 heavy (non-hydrogen) atoms. The molecule has 1 fully saturated rings. The summed E-state index contributed by atoms with van der Waals surface area (Å²) >= 11 is 0.